The van der Waals surface area contributed by atoms with Crippen LogP contribution in [0.25, 0.3) is 0 Å². The zero-order valence-corrected chi connectivity index (χ0v) is 12.2. The van der Waals surface area contributed by atoms with E-state index < -0.39 is 4.92 Å². The van der Waals surface area contributed by atoms with Crippen molar-refractivity contribution in [2.45, 2.75) is 39.2 Å². The first-order valence-corrected chi connectivity index (χ1v) is 6.95. The number of nitrogens with zero attached hydrogens (tertiary/aromatic N) is 2. The quantitative estimate of drug-likeness (QED) is 0.630. The van der Waals surface area contributed by atoms with Gasteiger partial charge in [0.1, 0.15) is 5.78 Å². The molecule has 0 aliphatic carbocycles. The van der Waals surface area contributed by atoms with Crippen LogP contribution in [0.4, 0.5) is 5.69 Å². The van der Waals surface area contributed by atoms with E-state index in [1.165, 1.54) is 19.1 Å². The molecule has 6 nitrogen and oxygen atoms in total. The van der Waals surface area contributed by atoms with E-state index in [2.05, 4.69) is 0 Å². The van der Waals surface area contributed by atoms with Crippen LogP contribution in [-0.2, 0) is 4.79 Å². The number of rotatable bonds is 4. The molecule has 21 heavy (non-hydrogen) atoms. The molecule has 0 N–H and O–H groups in total. The van der Waals surface area contributed by atoms with E-state index in [-0.39, 0.29) is 23.4 Å². The smallest absolute Gasteiger partial charge is 0.270 e. The van der Waals surface area contributed by atoms with Gasteiger partial charge in [-0.1, -0.05) is 0 Å². The Morgan fingerprint density at radius 3 is 2.71 bits per heavy atom. The number of hydrogen-bond acceptors (Lipinski definition) is 4. The lowest BCUT2D eigenvalue weighted by molar-refractivity contribution is -0.384. The van der Waals surface area contributed by atoms with Crippen LogP contribution in [-0.4, -0.2) is 34.1 Å². The van der Waals surface area contributed by atoms with Gasteiger partial charge in [-0.25, -0.2) is 0 Å². The minimum atomic E-state index is -0.499. The average molecular weight is 290 g/mol. The van der Waals surface area contributed by atoms with Crippen LogP contribution < -0.4 is 0 Å². The average Bonchev–Trinajstić information content (AvgIpc) is 2.84. The van der Waals surface area contributed by atoms with Crippen LogP contribution in [0.5, 0.6) is 0 Å². The Balaban J connectivity index is 2.27. The molecular formula is C15H18N2O4. The Bertz CT molecular complexity index is 597. The summed E-state index contributed by atoms with van der Waals surface area (Å²) in [7, 11) is 0. The fourth-order valence-electron chi connectivity index (χ4n) is 2.80. The molecule has 1 aliphatic rings. The number of nitro groups is 1. The van der Waals surface area contributed by atoms with Crippen molar-refractivity contribution in [2.24, 2.45) is 0 Å². The van der Waals surface area contributed by atoms with E-state index >= 15 is 0 Å². The van der Waals surface area contributed by atoms with Crippen molar-refractivity contribution in [1.29, 1.82) is 0 Å². The lowest BCUT2D eigenvalue weighted by atomic mass is 10.1. The second-order valence-electron chi connectivity index (χ2n) is 5.52. The fraction of sp³-hybridized carbons (Fsp3) is 0.467. The van der Waals surface area contributed by atoms with Gasteiger partial charge in [0.05, 0.1) is 4.92 Å². The molecule has 1 amide bonds. The summed E-state index contributed by atoms with van der Waals surface area (Å²) in [5.41, 5.74) is 0.910. The molecule has 112 valence electrons. The second kappa shape index (κ2) is 6.03. The summed E-state index contributed by atoms with van der Waals surface area (Å²) in [6, 6.07) is 4.31. The van der Waals surface area contributed by atoms with Gasteiger partial charge >= 0.3 is 0 Å². The molecule has 1 heterocycles. The molecule has 1 unspecified atom stereocenters. The summed E-state index contributed by atoms with van der Waals surface area (Å²) < 4.78 is 0. The van der Waals surface area contributed by atoms with Crippen molar-refractivity contribution < 1.29 is 14.5 Å². The second-order valence-corrected chi connectivity index (χ2v) is 5.52. The van der Waals surface area contributed by atoms with Crippen LogP contribution in [0.1, 0.15) is 42.1 Å². The van der Waals surface area contributed by atoms with Crippen molar-refractivity contribution >= 4 is 17.4 Å². The highest BCUT2D eigenvalue weighted by Crippen LogP contribution is 2.25. The molecule has 1 aliphatic heterocycles. The van der Waals surface area contributed by atoms with E-state index in [1.807, 2.05) is 0 Å². The van der Waals surface area contributed by atoms with Gasteiger partial charge in [-0.3, -0.25) is 19.7 Å². The van der Waals surface area contributed by atoms with E-state index in [0.717, 1.165) is 12.8 Å². The normalized spacial score (nSPS) is 17.8. The zero-order chi connectivity index (χ0) is 15.6. The van der Waals surface area contributed by atoms with Gasteiger partial charge in [0.2, 0.25) is 0 Å². The monoisotopic (exact) mass is 290 g/mol. The number of amides is 1. The Morgan fingerprint density at radius 1 is 1.38 bits per heavy atom. The summed E-state index contributed by atoms with van der Waals surface area (Å²) >= 11 is 0. The van der Waals surface area contributed by atoms with Gasteiger partial charge in [0, 0.05) is 36.7 Å². The van der Waals surface area contributed by atoms with Crippen molar-refractivity contribution in [3.8, 4) is 0 Å². The predicted molar refractivity (Wildman–Crippen MR) is 77.2 cm³/mol. The van der Waals surface area contributed by atoms with E-state index in [4.69, 9.17) is 0 Å². The van der Waals surface area contributed by atoms with Crippen molar-refractivity contribution in [1.82, 2.24) is 4.90 Å². The minimum absolute atomic E-state index is 0.0509. The number of ketones is 1. The Kier molecular flexibility index (Phi) is 4.35. The first-order chi connectivity index (χ1) is 9.88. The molecule has 1 fully saturated rings. The highest BCUT2D eigenvalue weighted by Gasteiger charge is 2.30. The van der Waals surface area contributed by atoms with Gasteiger partial charge < -0.3 is 4.90 Å². The van der Waals surface area contributed by atoms with Crippen molar-refractivity contribution in [2.75, 3.05) is 6.54 Å². The molecular weight excluding hydrogens is 272 g/mol. The van der Waals surface area contributed by atoms with Gasteiger partial charge in [0.15, 0.2) is 0 Å². The highest BCUT2D eigenvalue weighted by atomic mass is 16.6. The fourth-order valence-corrected chi connectivity index (χ4v) is 2.80. The third kappa shape index (κ3) is 3.45. The summed E-state index contributed by atoms with van der Waals surface area (Å²) in [6.45, 7) is 3.83. The molecule has 1 atom stereocenters. The van der Waals surface area contributed by atoms with Crippen LogP contribution >= 0.6 is 0 Å². The maximum Gasteiger partial charge on any atom is 0.270 e. The lowest BCUT2D eigenvalue weighted by Crippen LogP contribution is -2.36. The maximum absolute atomic E-state index is 12.6. The Hall–Kier alpha value is -2.24. The summed E-state index contributed by atoms with van der Waals surface area (Å²) in [5, 5.41) is 10.9. The third-order valence-corrected chi connectivity index (χ3v) is 3.68. The molecule has 1 aromatic rings. The van der Waals surface area contributed by atoms with E-state index in [9.17, 15) is 19.7 Å². The van der Waals surface area contributed by atoms with Crippen LogP contribution in [0, 0.1) is 17.0 Å². The topological polar surface area (TPSA) is 80.5 Å². The van der Waals surface area contributed by atoms with Crippen LogP contribution in [0.15, 0.2) is 18.2 Å². The number of Topliss-reactive ketones (excluding diaryl/α,β-unsaturated/α-hetero) is 1. The predicted octanol–water partition coefficient (Wildman–Crippen LogP) is 2.49. The van der Waals surface area contributed by atoms with Gasteiger partial charge in [-0.2, -0.15) is 0 Å². The molecule has 0 spiro atoms. The summed E-state index contributed by atoms with van der Waals surface area (Å²) in [5.74, 6) is -0.180. The molecule has 6 heteroatoms. The first-order valence-electron chi connectivity index (χ1n) is 6.95. The van der Waals surface area contributed by atoms with E-state index in [0.29, 0.717) is 24.1 Å². The highest BCUT2D eigenvalue weighted by molar-refractivity contribution is 5.95. The van der Waals surface area contributed by atoms with Crippen LogP contribution in [0.3, 0.4) is 0 Å². The maximum atomic E-state index is 12.6. The number of non-ortho nitro benzene ring substituents is 1. The number of nitro benzene ring substituents is 1. The number of likely N-dealkylation sites (tertiary alicyclic amines) is 1. The summed E-state index contributed by atoms with van der Waals surface area (Å²) in [4.78, 5) is 35.9. The number of hydrogen-bond donors (Lipinski definition) is 0. The lowest BCUT2D eigenvalue weighted by Gasteiger charge is -2.24. The van der Waals surface area contributed by atoms with Gasteiger partial charge in [-0.05, 0) is 38.3 Å². The Morgan fingerprint density at radius 2 is 2.10 bits per heavy atom. The molecule has 0 aromatic heterocycles. The SMILES string of the molecule is CC(=O)CC1CCCN1C(=O)c1cc(C)cc([N+](=O)[O-])c1. The van der Waals surface area contributed by atoms with E-state index in [1.54, 1.807) is 17.9 Å². The largest absolute Gasteiger partial charge is 0.335 e. The molecule has 2 rings (SSSR count). The number of benzene rings is 1. The standard InChI is InChI=1S/C15H18N2O4/c1-10-6-12(9-14(7-10)17(20)21)15(19)16-5-3-4-13(16)8-11(2)18/h6-7,9,13H,3-5,8H2,1-2H3. The first kappa shape index (κ1) is 15.2. The molecule has 0 bridgehead atoms. The van der Waals surface area contributed by atoms with Gasteiger partial charge in [0.25, 0.3) is 11.6 Å². The summed E-state index contributed by atoms with van der Waals surface area (Å²) in [6.07, 6.45) is 2.01. The Labute approximate surface area is 122 Å². The van der Waals surface area contributed by atoms with Crippen molar-refractivity contribution in [3.63, 3.8) is 0 Å². The van der Waals surface area contributed by atoms with Gasteiger partial charge in [-0.15, -0.1) is 0 Å². The molecule has 1 saturated heterocycles. The third-order valence-electron chi connectivity index (χ3n) is 3.68. The van der Waals surface area contributed by atoms with Crippen LogP contribution in [0.2, 0.25) is 0 Å². The molecule has 0 saturated carbocycles. The molecule has 0 radical (unpaired) electrons. The van der Waals surface area contributed by atoms with Crippen molar-refractivity contribution in [3.05, 3.63) is 39.4 Å². The molecule has 1 aromatic carbocycles. The number of carbonyl (C=O) groups excluding carboxylic acids is 2. The minimum Gasteiger partial charge on any atom is -0.335 e. The number of carbonyl (C=O) groups is 2. The number of aryl methyl sites for hydroxylation is 1. The zero-order valence-electron chi connectivity index (χ0n) is 12.2.